The van der Waals surface area contributed by atoms with Gasteiger partial charge in [0.05, 0.1) is 29.9 Å². The number of nitrogens with zero attached hydrogens (tertiary/aromatic N) is 4. The van der Waals surface area contributed by atoms with Gasteiger partial charge in [-0.25, -0.2) is 0 Å². The number of ether oxygens (including phenoxy) is 5. The predicted molar refractivity (Wildman–Crippen MR) is 227 cm³/mol. The van der Waals surface area contributed by atoms with E-state index in [0.29, 0.717) is 53.5 Å². The van der Waals surface area contributed by atoms with Crippen molar-refractivity contribution in [3.05, 3.63) is 107 Å². The van der Waals surface area contributed by atoms with Crippen LogP contribution in [0, 0.1) is 29.1 Å². The van der Waals surface area contributed by atoms with Gasteiger partial charge < -0.3 is 43.6 Å². The first-order chi connectivity index (χ1) is 29.9. The van der Waals surface area contributed by atoms with Gasteiger partial charge in [-0.05, 0) is 103 Å². The average molecular weight is 833 g/mol. The molecule has 3 aromatic carbocycles. The van der Waals surface area contributed by atoms with Crippen LogP contribution in [-0.2, 0) is 16.1 Å². The summed E-state index contributed by atoms with van der Waals surface area (Å²) in [6, 6.07) is 19.8. The van der Waals surface area contributed by atoms with Gasteiger partial charge in [0, 0.05) is 62.9 Å². The minimum absolute atomic E-state index is 0.0697. The Balaban J connectivity index is 1.32. The summed E-state index contributed by atoms with van der Waals surface area (Å²) in [6.07, 6.45) is 8.92. The van der Waals surface area contributed by atoms with E-state index in [1.54, 1.807) is 30.3 Å². The van der Waals surface area contributed by atoms with Gasteiger partial charge in [0.1, 0.15) is 31.3 Å². The third-order valence-electron chi connectivity index (χ3n) is 12.8. The Morgan fingerprint density at radius 3 is 2.52 bits per heavy atom. The molecule has 2 aliphatic carbocycles. The molecule has 0 aromatic heterocycles. The second-order valence-corrected chi connectivity index (χ2v) is 16.5. The summed E-state index contributed by atoms with van der Waals surface area (Å²) in [7, 11) is 1.54. The number of allylic oxidation sites excluding steroid dienone is 1. The summed E-state index contributed by atoms with van der Waals surface area (Å²) in [5, 5.41) is 34.2. The van der Waals surface area contributed by atoms with Gasteiger partial charge in [-0.3, -0.25) is 9.69 Å². The van der Waals surface area contributed by atoms with Gasteiger partial charge in [0.15, 0.2) is 11.5 Å². The molecule has 13 nitrogen and oxygen atoms in total. The molecule has 0 unspecified atom stereocenters. The zero-order chi connectivity index (χ0) is 42.3. The number of fused-ring (bicyclic) bond motifs is 3. The SMILES string of the molecule is C=CCO[C@@]12Oc3ccc(OCCN4CC4)cc3[C@H]3[C@H](CCCCO)[C@@H](CCCCO)C=C(C(=NOC)C[C@@H]1N(Cc1ccc4c(c1)OCO4)C(=O)c1ccc(C#N)cc1)[C@H]32. The monoisotopic (exact) mass is 832 g/mol. The van der Waals surface area contributed by atoms with E-state index in [1.807, 2.05) is 35.2 Å². The van der Waals surface area contributed by atoms with E-state index in [1.165, 1.54) is 7.11 Å². The second kappa shape index (κ2) is 19.1. The largest absolute Gasteiger partial charge is 0.492 e. The molecule has 322 valence electrons. The number of oxime groups is 1. The number of unbranched alkanes of at least 4 members (excludes halogenated alkanes) is 2. The van der Waals surface area contributed by atoms with Crippen molar-refractivity contribution in [2.75, 3.05) is 60.0 Å². The number of carbonyl (C=O) groups excluding carboxylic acids is 1. The molecule has 2 N–H and O–H groups in total. The molecule has 0 spiro atoms. The summed E-state index contributed by atoms with van der Waals surface area (Å²) < 4.78 is 32.3. The zero-order valence-corrected chi connectivity index (χ0v) is 34.9. The van der Waals surface area contributed by atoms with Crippen molar-refractivity contribution < 1.29 is 43.5 Å². The third kappa shape index (κ3) is 8.86. The van der Waals surface area contributed by atoms with Crippen LogP contribution in [0.3, 0.4) is 0 Å². The molecule has 6 atom stereocenters. The lowest BCUT2D eigenvalue weighted by Crippen LogP contribution is -2.70. The smallest absolute Gasteiger partial charge is 0.254 e. The van der Waals surface area contributed by atoms with E-state index in [0.717, 1.165) is 67.8 Å². The molecule has 8 rings (SSSR count). The fraction of sp³-hybridized carbons (Fsp3) is 0.479. The fourth-order valence-corrected chi connectivity index (χ4v) is 9.85. The number of benzene rings is 3. The molecule has 13 heteroatoms. The van der Waals surface area contributed by atoms with Crippen LogP contribution in [-0.4, -0.2) is 103 Å². The van der Waals surface area contributed by atoms with E-state index in [9.17, 15) is 15.5 Å². The molecule has 61 heavy (non-hydrogen) atoms. The predicted octanol–water partition coefficient (Wildman–Crippen LogP) is 6.59. The van der Waals surface area contributed by atoms with Crippen LogP contribution in [0.5, 0.6) is 23.0 Å². The van der Waals surface area contributed by atoms with E-state index in [4.69, 9.17) is 33.7 Å². The zero-order valence-electron chi connectivity index (χ0n) is 34.9. The van der Waals surface area contributed by atoms with Crippen LogP contribution in [0.15, 0.2) is 90.1 Å². The molecule has 3 aliphatic heterocycles. The van der Waals surface area contributed by atoms with Gasteiger partial charge in [0.25, 0.3) is 5.91 Å². The fourth-order valence-electron chi connectivity index (χ4n) is 9.85. The van der Waals surface area contributed by atoms with E-state index < -0.39 is 17.7 Å². The number of hydrogen-bond donors (Lipinski definition) is 2. The molecule has 0 bridgehead atoms. The Kier molecular flexibility index (Phi) is 13.3. The van der Waals surface area contributed by atoms with Gasteiger partial charge in [-0.15, -0.1) is 6.58 Å². The molecule has 1 amide bonds. The van der Waals surface area contributed by atoms with E-state index >= 15 is 4.79 Å². The van der Waals surface area contributed by atoms with Crippen LogP contribution in [0.4, 0.5) is 0 Å². The van der Waals surface area contributed by atoms with Crippen LogP contribution < -0.4 is 18.9 Å². The molecular formula is C48H56N4O9. The van der Waals surface area contributed by atoms with E-state index in [2.05, 4.69) is 29.7 Å². The number of nitriles is 1. The van der Waals surface area contributed by atoms with Gasteiger partial charge in [-0.2, -0.15) is 5.26 Å². The highest BCUT2D eigenvalue weighted by Gasteiger charge is 2.65. The highest BCUT2D eigenvalue weighted by atomic mass is 16.7. The summed E-state index contributed by atoms with van der Waals surface area (Å²) in [5.41, 5.74) is 4.30. The summed E-state index contributed by atoms with van der Waals surface area (Å²) >= 11 is 0. The molecule has 0 radical (unpaired) electrons. The first kappa shape index (κ1) is 42.3. The lowest BCUT2D eigenvalue weighted by atomic mass is 9.55. The number of amides is 1. The third-order valence-corrected chi connectivity index (χ3v) is 12.8. The minimum atomic E-state index is -1.45. The van der Waals surface area contributed by atoms with Gasteiger partial charge in [0.2, 0.25) is 12.6 Å². The lowest BCUT2D eigenvalue weighted by Gasteiger charge is -2.60. The maximum atomic E-state index is 15.3. The first-order valence-electron chi connectivity index (χ1n) is 21.6. The lowest BCUT2D eigenvalue weighted by molar-refractivity contribution is -0.255. The van der Waals surface area contributed by atoms with Crippen molar-refractivity contribution >= 4 is 11.6 Å². The maximum absolute atomic E-state index is 15.3. The molecule has 5 aliphatic rings. The van der Waals surface area contributed by atoms with Crippen LogP contribution >= 0.6 is 0 Å². The van der Waals surface area contributed by atoms with Gasteiger partial charge in [-0.1, -0.05) is 36.2 Å². The normalized spacial score (nSPS) is 25.0. The first-order valence-corrected chi connectivity index (χ1v) is 21.6. The number of carbonyl (C=O) groups is 1. The van der Waals surface area contributed by atoms with Crippen molar-refractivity contribution in [2.24, 2.45) is 22.9 Å². The van der Waals surface area contributed by atoms with Crippen LogP contribution in [0.2, 0.25) is 0 Å². The molecule has 1 saturated carbocycles. The molecule has 1 saturated heterocycles. The Bertz CT molecular complexity index is 2150. The molecule has 2 fully saturated rings. The average Bonchev–Trinajstić information content (AvgIpc) is 3.99. The minimum Gasteiger partial charge on any atom is -0.492 e. The van der Waals surface area contributed by atoms with Crippen LogP contribution in [0.1, 0.15) is 77.9 Å². The maximum Gasteiger partial charge on any atom is 0.254 e. The number of rotatable bonds is 20. The number of hydrogen-bond acceptors (Lipinski definition) is 12. The van der Waals surface area contributed by atoms with Crippen molar-refractivity contribution in [1.82, 2.24) is 9.80 Å². The van der Waals surface area contributed by atoms with Crippen molar-refractivity contribution in [2.45, 2.75) is 69.2 Å². The second-order valence-electron chi connectivity index (χ2n) is 16.5. The quantitative estimate of drug-likeness (QED) is 0.0549. The van der Waals surface area contributed by atoms with Crippen molar-refractivity contribution in [1.29, 1.82) is 5.26 Å². The number of aliphatic hydroxyl groups excluding tert-OH is 2. The molecule has 3 aromatic rings. The van der Waals surface area contributed by atoms with Crippen molar-refractivity contribution in [3.63, 3.8) is 0 Å². The topological polar surface area (TPSA) is 155 Å². The summed E-state index contributed by atoms with van der Waals surface area (Å²) in [6.45, 7) is 8.25. The Morgan fingerprint density at radius 2 is 1.79 bits per heavy atom. The Morgan fingerprint density at radius 1 is 1.02 bits per heavy atom. The number of aliphatic hydroxyl groups is 2. The highest BCUT2D eigenvalue weighted by molar-refractivity contribution is 6.03. The Labute approximate surface area is 357 Å². The van der Waals surface area contributed by atoms with Gasteiger partial charge >= 0.3 is 0 Å². The molecule has 3 heterocycles. The summed E-state index contributed by atoms with van der Waals surface area (Å²) in [5.74, 6) is 0.407. The highest BCUT2D eigenvalue weighted by Crippen LogP contribution is 2.62. The summed E-state index contributed by atoms with van der Waals surface area (Å²) in [4.78, 5) is 25.0. The standard InChI is InChI=1S/C48H56N4O9/c1-3-23-60-48-44(52(47(55)34-13-10-32(29-49)11-14-34)30-33-12-16-42-43(25-33)59-31-58-42)28-40(50-56-2)38-26-35(8-4-6-21-53)37(9-5-7-22-54)45(46(38)48)39-27-36(15-17-41(39)61-48)57-24-20-51-18-19-51/h3,10-17,25-27,35,37,44-46,53-54H,1,4-9,18-24,28,30-31H2,2H3/t35-,37+,44-,45+,46+,48+/m0/s1. The van der Waals surface area contributed by atoms with E-state index in [-0.39, 0.29) is 63.2 Å². The Hall–Kier alpha value is -5.39. The molecular weight excluding hydrogens is 777 g/mol. The van der Waals surface area contributed by atoms with Crippen LogP contribution in [0.25, 0.3) is 0 Å². The van der Waals surface area contributed by atoms with Crippen molar-refractivity contribution in [3.8, 4) is 29.1 Å².